The van der Waals surface area contributed by atoms with Crippen LogP contribution < -0.4 is 20.7 Å². The number of carbonyl (C=O) groups is 5. The number of aliphatic carboxylic acids is 1. The molecule has 2 aliphatic rings. The Kier molecular flexibility index (Phi) is 6.81. The van der Waals surface area contributed by atoms with Crippen molar-refractivity contribution in [2.75, 3.05) is 12.0 Å². The number of imide groups is 1. The van der Waals surface area contributed by atoms with Gasteiger partial charge >= 0.3 is 12.0 Å². The molecule has 4 aromatic rings. The van der Waals surface area contributed by atoms with Crippen molar-refractivity contribution in [3.05, 3.63) is 95.2 Å². The number of aromatic nitrogens is 1. The van der Waals surface area contributed by atoms with Gasteiger partial charge in [0.05, 0.1) is 24.8 Å². The highest BCUT2D eigenvalue weighted by Crippen LogP contribution is 2.45. The highest BCUT2D eigenvalue weighted by molar-refractivity contribution is 6.24. The van der Waals surface area contributed by atoms with Crippen LogP contribution in [0.4, 0.5) is 10.5 Å². The molecule has 0 unspecified atom stereocenters. The minimum Gasteiger partial charge on any atom is -0.497 e. The lowest BCUT2D eigenvalue weighted by molar-refractivity contribution is -0.141. The monoisotopic (exact) mass is 581 g/mol. The van der Waals surface area contributed by atoms with Gasteiger partial charge in [-0.1, -0.05) is 42.5 Å². The third kappa shape index (κ3) is 4.62. The van der Waals surface area contributed by atoms with Crippen LogP contribution in [0.3, 0.4) is 0 Å². The number of hydrogen-bond donors (Lipinski definition) is 4. The van der Waals surface area contributed by atoms with Gasteiger partial charge in [0.25, 0.3) is 11.8 Å². The maximum Gasteiger partial charge on any atom is 0.332 e. The SMILES string of the molecule is COc1ccc([C@@H]2c3[nH]c4ccccc4c3C[C@H]3C(=O)N(c4ccccc4C(=O)N[C@@H](CC(N)=O)C(=O)O)C(=O)N23)cc1. The van der Waals surface area contributed by atoms with Crippen molar-refractivity contribution in [3.63, 3.8) is 0 Å². The van der Waals surface area contributed by atoms with Gasteiger partial charge in [0.1, 0.15) is 23.9 Å². The van der Waals surface area contributed by atoms with Gasteiger partial charge in [-0.05, 0) is 41.5 Å². The zero-order valence-electron chi connectivity index (χ0n) is 22.9. The van der Waals surface area contributed by atoms with E-state index < -0.39 is 54.3 Å². The van der Waals surface area contributed by atoms with E-state index in [2.05, 4.69) is 10.3 Å². The van der Waals surface area contributed by atoms with E-state index in [1.165, 1.54) is 23.1 Å². The second-order valence-corrected chi connectivity index (χ2v) is 10.4. The second kappa shape index (κ2) is 10.6. The number of H-pyrrole nitrogens is 1. The molecule has 43 heavy (non-hydrogen) atoms. The van der Waals surface area contributed by atoms with Crippen LogP contribution in [-0.2, 0) is 20.8 Å². The zero-order valence-corrected chi connectivity index (χ0v) is 22.9. The van der Waals surface area contributed by atoms with Gasteiger partial charge in [0.2, 0.25) is 5.91 Å². The summed E-state index contributed by atoms with van der Waals surface area (Å²) in [5.74, 6) is -3.13. The van der Waals surface area contributed by atoms with Gasteiger partial charge in [0.15, 0.2) is 0 Å². The lowest BCUT2D eigenvalue weighted by Gasteiger charge is -2.36. The number of primary amides is 1. The summed E-state index contributed by atoms with van der Waals surface area (Å²) in [5.41, 5.74) is 8.38. The summed E-state index contributed by atoms with van der Waals surface area (Å²) in [7, 11) is 1.56. The van der Waals surface area contributed by atoms with Crippen molar-refractivity contribution in [3.8, 4) is 5.75 Å². The predicted molar refractivity (Wildman–Crippen MR) is 154 cm³/mol. The van der Waals surface area contributed by atoms with E-state index in [1.807, 2.05) is 36.4 Å². The fraction of sp³-hybridized carbons (Fsp3) is 0.194. The number of carbonyl (C=O) groups excluding carboxylic acids is 4. The Balaban J connectivity index is 1.42. The number of nitrogens with zero attached hydrogens (tertiary/aromatic N) is 2. The Hall–Kier alpha value is -5.65. The van der Waals surface area contributed by atoms with Gasteiger partial charge in [-0.3, -0.25) is 19.3 Å². The Bertz CT molecular complexity index is 1800. The van der Waals surface area contributed by atoms with E-state index in [9.17, 15) is 29.1 Å². The van der Waals surface area contributed by atoms with Crippen LogP contribution in [0.25, 0.3) is 10.9 Å². The molecular formula is C31H27N5O7. The summed E-state index contributed by atoms with van der Waals surface area (Å²) >= 11 is 0. The van der Waals surface area contributed by atoms with Crippen LogP contribution in [0.15, 0.2) is 72.8 Å². The number of anilines is 1. The molecule has 0 aliphatic carbocycles. The molecule has 12 nitrogen and oxygen atoms in total. The average Bonchev–Trinajstić information content (AvgIpc) is 3.49. The van der Waals surface area contributed by atoms with Crippen LogP contribution in [-0.4, -0.2) is 63.9 Å². The van der Waals surface area contributed by atoms with Gasteiger partial charge in [0, 0.05) is 23.0 Å². The molecule has 1 aromatic heterocycles. The number of carboxylic acids is 1. The van der Waals surface area contributed by atoms with Crippen LogP contribution in [0.5, 0.6) is 5.75 Å². The summed E-state index contributed by atoms with van der Waals surface area (Å²) < 4.78 is 5.32. The Morgan fingerprint density at radius 3 is 2.44 bits per heavy atom. The normalized spacial score (nSPS) is 18.3. The number of para-hydroxylation sites is 2. The van der Waals surface area contributed by atoms with Crippen molar-refractivity contribution in [2.24, 2.45) is 5.73 Å². The summed E-state index contributed by atoms with van der Waals surface area (Å²) in [6.45, 7) is 0. The number of benzene rings is 3. The highest BCUT2D eigenvalue weighted by atomic mass is 16.5. The number of fused-ring (bicyclic) bond motifs is 4. The second-order valence-electron chi connectivity index (χ2n) is 10.4. The molecule has 3 atom stereocenters. The van der Waals surface area contributed by atoms with Crippen LogP contribution in [0.2, 0.25) is 0 Å². The molecule has 0 saturated carbocycles. The molecule has 5 N–H and O–H groups in total. The maximum atomic E-state index is 14.2. The fourth-order valence-electron chi connectivity index (χ4n) is 5.93. The number of hydrogen-bond acceptors (Lipinski definition) is 6. The molecule has 1 fully saturated rings. The third-order valence-electron chi connectivity index (χ3n) is 7.88. The summed E-state index contributed by atoms with van der Waals surface area (Å²) in [5, 5.41) is 12.7. The largest absolute Gasteiger partial charge is 0.497 e. The number of carboxylic acid groups (broad SMARTS) is 1. The molecule has 218 valence electrons. The Morgan fingerprint density at radius 2 is 1.74 bits per heavy atom. The maximum absolute atomic E-state index is 14.2. The average molecular weight is 582 g/mol. The molecule has 0 radical (unpaired) electrons. The minimum atomic E-state index is -1.59. The molecule has 6 rings (SSSR count). The molecule has 3 heterocycles. The first-order valence-electron chi connectivity index (χ1n) is 13.5. The van der Waals surface area contributed by atoms with Crippen molar-refractivity contribution >= 4 is 46.3 Å². The van der Waals surface area contributed by atoms with Gasteiger partial charge < -0.3 is 25.9 Å². The summed E-state index contributed by atoms with van der Waals surface area (Å²) in [4.78, 5) is 70.6. The molecule has 12 heteroatoms. The molecule has 2 aliphatic heterocycles. The van der Waals surface area contributed by atoms with Crippen molar-refractivity contribution in [1.82, 2.24) is 15.2 Å². The van der Waals surface area contributed by atoms with Crippen molar-refractivity contribution in [2.45, 2.75) is 31.0 Å². The van der Waals surface area contributed by atoms with Gasteiger partial charge in [-0.15, -0.1) is 0 Å². The third-order valence-corrected chi connectivity index (χ3v) is 7.88. The lowest BCUT2D eigenvalue weighted by Crippen LogP contribution is -2.44. The first-order valence-corrected chi connectivity index (χ1v) is 13.5. The quantitative estimate of drug-likeness (QED) is 0.231. The Labute approximate surface area is 245 Å². The van der Waals surface area contributed by atoms with Crippen molar-refractivity contribution < 1.29 is 33.8 Å². The van der Waals surface area contributed by atoms with E-state index >= 15 is 0 Å². The van der Waals surface area contributed by atoms with Gasteiger partial charge in [-0.25, -0.2) is 14.5 Å². The lowest BCUT2D eigenvalue weighted by atomic mass is 9.89. The number of aromatic amines is 1. The van der Waals surface area contributed by atoms with Crippen LogP contribution in [0.1, 0.15) is 39.6 Å². The van der Waals surface area contributed by atoms with Crippen LogP contribution >= 0.6 is 0 Å². The summed E-state index contributed by atoms with van der Waals surface area (Å²) in [6, 6.07) is 17.2. The van der Waals surface area contributed by atoms with E-state index in [-0.39, 0.29) is 17.7 Å². The first kappa shape index (κ1) is 27.5. The fourth-order valence-corrected chi connectivity index (χ4v) is 5.93. The van der Waals surface area contributed by atoms with Crippen molar-refractivity contribution in [1.29, 1.82) is 0 Å². The predicted octanol–water partition coefficient (Wildman–Crippen LogP) is 2.72. The van der Waals surface area contributed by atoms with E-state index in [1.54, 1.807) is 25.3 Å². The molecule has 0 spiro atoms. The molecule has 3 aromatic carbocycles. The van der Waals surface area contributed by atoms with Gasteiger partial charge in [-0.2, -0.15) is 0 Å². The molecule has 0 bridgehead atoms. The molecule has 1 saturated heterocycles. The highest BCUT2D eigenvalue weighted by Gasteiger charge is 2.53. The summed E-state index contributed by atoms with van der Waals surface area (Å²) in [6.07, 6.45) is -0.378. The smallest absolute Gasteiger partial charge is 0.332 e. The minimum absolute atomic E-state index is 0.00499. The number of rotatable bonds is 8. The number of ether oxygens (including phenoxy) is 1. The number of nitrogens with one attached hydrogen (secondary N) is 2. The van der Waals surface area contributed by atoms with Crippen LogP contribution in [0, 0.1) is 0 Å². The molecular weight excluding hydrogens is 554 g/mol. The van der Waals surface area contributed by atoms with E-state index in [0.717, 1.165) is 32.6 Å². The number of nitrogens with two attached hydrogens (primary N) is 1. The zero-order chi connectivity index (χ0) is 30.4. The number of amides is 5. The number of methoxy groups -OCH3 is 1. The Morgan fingerprint density at radius 1 is 1.05 bits per heavy atom. The number of urea groups is 1. The van der Waals surface area contributed by atoms with E-state index in [0.29, 0.717) is 5.75 Å². The standard InChI is InChI=1S/C31H27N5O7/c1-43-17-12-10-16(11-13-17)27-26-20(18-6-2-4-8-21(18)33-26)14-24-29(39)36(31(42)35(24)27)23-9-5-3-7-19(23)28(38)34-22(30(40)41)15-25(32)37/h2-13,22,24,27,33H,14-15H2,1H3,(H2,32,37)(H,34,38)(H,40,41)/t22-,24-,27+/m0/s1. The van der Waals surface area contributed by atoms with E-state index in [4.69, 9.17) is 10.5 Å². The topological polar surface area (TPSA) is 175 Å². The first-order chi connectivity index (χ1) is 20.7. The molecule has 5 amide bonds.